The van der Waals surface area contributed by atoms with Gasteiger partial charge in [0.05, 0.1) is 33.4 Å². The van der Waals surface area contributed by atoms with Crippen molar-refractivity contribution >= 4 is 69.6 Å². The number of methoxy groups -OCH3 is 3. The number of nitrogens with zero attached hydrogens (tertiary/aromatic N) is 1. The third-order valence-corrected chi connectivity index (χ3v) is 11.6. The summed E-state index contributed by atoms with van der Waals surface area (Å²) in [5.41, 5.74) is 2.31. The lowest BCUT2D eigenvalue weighted by atomic mass is 10.0. The van der Waals surface area contributed by atoms with Crippen LogP contribution in [0.3, 0.4) is 0 Å². The monoisotopic (exact) mass is 862 g/mol. The third kappa shape index (κ3) is 11.2. The number of nitrogens with one attached hydrogen (secondary N) is 3. The molecule has 1 unspecified atom stereocenters. The first-order valence-electron chi connectivity index (χ1n) is 19.2. The lowest BCUT2D eigenvalue weighted by Crippen LogP contribution is -2.39. The van der Waals surface area contributed by atoms with E-state index in [1.54, 1.807) is 92.4 Å². The zero-order valence-electron chi connectivity index (χ0n) is 34.5. The van der Waals surface area contributed by atoms with Crippen LogP contribution in [0.5, 0.6) is 11.5 Å². The molecule has 3 N–H and O–H groups in total. The fraction of sp³-hybridized carbons (Fsp3) is 0.239. The Morgan fingerprint density at radius 1 is 0.820 bits per heavy atom. The number of carbonyl (C=O) groups excluding carboxylic acids is 5. The van der Waals surface area contributed by atoms with Gasteiger partial charge in [0, 0.05) is 27.6 Å². The van der Waals surface area contributed by atoms with Crippen LogP contribution in [0, 0.1) is 0 Å². The van der Waals surface area contributed by atoms with Crippen LogP contribution in [-0.4, -0.2) is 68.2 Å². The Balaban J connectivity index is 1.25. The zero-order chi connectivity index (χ0) is 43.7. The predicted octanol–water partition coefficient (Wildman–Crippen LogP) is 8.73. The second-order valence-corrected chi connectivity index (χ2v) is 17.0. The molecular formula is C46H46N4O9S2. The topological polar surface area (TPSA) is 162 Å². The highest BCUT2D eigenvalue weighted by molar-refractivity contribution is 8.00. The molecule has 2 heterocycles. The van der Waals surface area contributed by atoms with Gasteiger partial charge in [-0.05, 0) is 92.4 Å². The summed E-state index contributed by atoms with van der Waals surface area (Å²) in [5.74, 6) is -1.13. The molecule has 4 amide bonds. The summed E-state index contributed by atoms with van der Waals surface area (Å²) >= 11 is 2.47. The molecule has 0 radical (unpaired) electrons. The van der Waals surface area contributed by atoms with Gasteiger partial charge in [-0.3, -0.25) is 14.4 Å². The van der Waals surface area contributed by atoms with Crippen LogP contribution in [0.4, 0.5) is 15.5 Å². The summed E-state index contributed by atoms with van der Waals surface area (Å²) in [5, 5.41) is 8.16. The van der Waals surface area contributed by atoms with Crippen LogP contribution in [0.2, 0.25) is 0 Å². The second kappa shape index (κ2) is 19.7. The molecule has 61 heavy (non-hydrogen) atoms. The predicted molar refractivity (Wildman–Crippen MR) is 236 cm³/mol. The van der Waals surface area contributed by atoms with E-state index in [0.717, 1.165) is 10.4 Å². The SMILES string of the molecule is COC(=O)c1c(NC(=O)C(Sc2cccc(NC(=O)/C(=C\c3ccc(OC)c(OC)c3)NC(=O)c3ccccc3)c2)c2ccccc2)sc2c1CCN(C(=O)OC(C)(C)C)C2. The Bertz CT molecular complexity index is 2450. The number of esters is 1. The molecule has 13 nitrogen and oxygen atoms in total. The summed E-state index contributed by atoms with van der Waals surface area (Å²) in [4.78, 5) is 70.7. The minimum absolute atomic E-state index is 0.0325. The van der Waals surface area contributed by atoms with Crippen LogP contribution < -0.4 is 25.4 Å². The maximum atomic E-state index is 14.4. The molecule has 1 aliphatic heterocycles. The molecule has 0 saturated heterocycles. The Kier molecular flexibility index (Phi) is 14.2. The Labute approximate surface area is 362 Å². The maximum absolute atomic E-state index is 14.4. The third-order valence-electron chi connectivity index (χ3n) is 9.27. The number of carbonyl (C=O) groups is 5. The summed E-state index contributed by atoms with van der Waals surface area (Å²) in [6.07, 6.45) is 1.45. The fourth-order valence-corrected chi connectivity index (χ4v) is 8.74. The first kappa shape index (κ1) is 44.0. The van der Waals surface area contributed by atoms with Gasteiger partial charge in [-0.15, -0.1) is 23.1 Å². The van der Waals surface area contributed by atoms with Crippen LogP contribution in [-0.2, 0) is 32.0 Å². The molecule has 1 atom stereocenters. The van der Waals surface area contributed by atoms with Crippen molar-refractivity contribution < 1.29 is 42.9 Å². The van der Waals surface area contributed by atoms with E-state index in [9.17, 15) is 24.0 Å². The van der Waals surface area contributed by atoms with Gasteiger partial charge >= 0.3 is 12.1 Å². The highest BCUT2D eigenvalue weighted by Crippen LogP contribution is 2.41. The quantitative estimate of drug-likeness (QED) is 0.0593. The van der Waals surface area contributed by atoms with E-state index in [-0.39, 0.29) is 17.8 Å². The molecule has 6 rings (SSSR count). The second-order valence-electron chi connectivity index (χ2n) is 14.7. The van der Waals surface area contributed by atoms with Crippen molar-refractivity contribution in [2.75, 3.05) is 38.5 Å². The van der Waals surface area contributed by atoms with Gasteiger partial charge in [0.1, 0.15) is 21.5 Å². The van der Waals surface area contributed by atoms with Crippen molar-refractivity contribution in [1.82, 2.24) is 10.2 Å². The number of hydrogen-bond donors (Lipinski definition) is 3. The molecule has 1 aromatic heterocycles. The van der Waals surface area contributed by atoms with Gasteiger partial charge in [-0.25, -0.2) is 9.59 Å². The van der Waals surface area contributed by atoms with Gasteiger partial charge in [0.25, 0.3) is 11.8 Å². The Morgan fingerprint density at radius 2 is 1.52 bits per heavy atom. The molecule has 5 aromatic rings. The molecule has 1 aliphatic rings. The maximum Gasteiger partial charge on any atom is 0.410 e. The van der Waals surface area contributed by atoms with Gasteiger partial charge in [0.2, 0.25) is 5.91 Å². The Hall–Kier alpha value is -6.58. The molecule has 0 spiro atoms. The number of benzene rings is 4. The van der Waals surface area contributed by atoms with Crippen LogP contribution in [0.25, 0.3) is 6.08 Å². The zero-order valence-corrected chi connectivity index (χ0v) is 36.2. The van der Waals surface area contributed by atoms with Crippen molar-refractivity contribution in [3.63, 3.8) is 0 Å². The van der Waals surface area contributed by atoms with E-state index < -0.39 is 40.6 Å². The highest BCUT2D eigenvalue weighted by Gasteiger charge is 2.34. The number of anilines is 2. The average Bonchev–Trinajstić information content (AvgIpc) is 3.61. The van der Waals surface area contributed by atoms with Crippen molar-refractivity contribution in [3.8, 4) is 11.5 Å². The largest absolute Gasteiger partial charge is 0.493 e. The summed E-state index contributed by atoms with van der Waals surface area (Å²) in [6, 6.07) is 29.8. The number of thiophene rings is 1. The van der Waals surface area contributed by atoms with Gasteiger partial charge in [-0.2, -0.15) is 0 Å². The normalized spacial score (nSPS) is 13.0. The van der Waals surface area contributed by atoms with E-state index >= 15 is 0 Å². The van der Waals surface area contributed by atoms with E-state index in [0.29, 0.717) is 56.7 Å². The summed E-state index contributed by atoms with van der Waals surface area (Å²) in [6.45, 7) is 5.94. The van der Waals surface area contributed by atoms with E-state index in [1.165, 1.54) is 50.5 Å². The van der Waals surface area contributed by atoms with Crippen molar-refractivity contribution in [2.45, 2.75) is 49.5 Å². The average molecular weight is 863 g/mol. The lowest BCUT2D eigenvalue weighted by Gasteiger charge is -2.30. The van der Waals surface area contributed by atoms with Crippen molar-refractivity contribution in [3.05, 3.63) is 142 Å². The highest BCUT2D eigenvalue weighted by atomic mass is 32.2. The number of fused-ring (bicyclic) bond motifs is 1. The fourth-order valence-electron chi connectivity index (χ4n) is 6.40. The lowest BCUT2D eigenvalue weighted by molar-refractivity contribution is -0.116. The number of rotatable bonds is 13. The molecule has 316 valence electrons. The van der Waals surface area contributed by atoms with Crippen LogP contribution in [0.15, 0.2) is 114 Å². The van der Waals surface area contributed by atoms with E-state index in [4.69, 9.17) is 18.9 Å². The number of thioether (sulfide) groups is 1. The van der Waals surface area contributed by atoms with Crippen molar-refractivity contribution in [2.24, 2.45) is 0 Å². The van der Waals surface area contributed by atoms with E-state index in [2.05, 4.69) is 16.0 Å². The minimum Gasteiger partial charge on any atom is -0.493 e. The van der Waals surface area contributed by atoms with E-state index in [1.807, 2.05) is 36.4 Å². The van der Waals surface area contributed by atoms with Gasteiger partial charge in [-0.1, -0.05) is 60.7 Å². The van der Waals surface area contributed by atoms with Crippen LogP contribution >= 0.6 is 23.1 Å². The van der Waals surface area contributed by atoms with Gasteiger partial charge < -0.3 is 39.8 Å². The standard InChI is InChI=1S/C46H46N4O9S2/c1-46(2,3)59-45(55)50-23-22-33-37(27-50)61-43(38(33)44(54)58-6)49-42(53)39(29-14-9-7-10-15-29)60-32-19-13-18-31(26-32)47-41(52)34(48-40(51)30-16-11-8-12-17-30)24-28-20-21-35(56-4)36(25-28)57-5/h7-21,24-26,39H,22-23,27H2,1-6H3,(H,47,52)(H,48,51)(H,49,53)/b34-24+. The number of hydrogen-bond acceptors (Lipinski definition) is 11. The molecular weight excluding hydrogens is 817 g/mol. The molecule has 0 saturated carbocycles. The molecule has 0 bridgehead atoms. The van der Waals surface area contributed by atoms with Crippen LogP contribution in [0.1, 0.15) is 68.3 Å². The first-order chi connectivity index (χ1) is 29.3. The Morgan fingerprint density at radius 3 is 2.20 bits per heavy atom. The smallest absolute Gasteiger partial charge is 0.410 e. The summed E-state index contributed by atoms with van der Waals surface area (Å²) in [7, 11) is 4.31. The number of ether oxygens (including phenoxy) is 4. The van der Waals surface area contributed by atoms with Crippen molar-refractivity contribution in [1.29, 1.82) is 0 Å². The number of amides is 4. The summed E-state index contributed by atoms with van der Waals surface area (Å²) < 4.78 is 21.6. The molecule has 0 aliphatic carbocycles. The molecule has 0 fully saturated rings. The minimum atomic E-state index is -0.805. The molecule has 15 heteroatoms. The molecule has 4 aromatic carbocycles. The van der Waals surface area contributed by atoms with Gasteiger partial charge in [0.15, 0.2) is 11.5 Å². The first-order valence-corrected chi connectivity index (χ1v) is 20.9.